The van der Waals surface area contributed by atoms with E-state index in [0.29, 0.717) is 0 Å². The molecule has 8 aromatic carbocycles. The number of rotatable bonds is 7. The lowest BCUT2D eigenvalue weighted by atomic mass is 9.98. The number of benzene rings is 8. The molecule has 2 heterocycles. The van der Waals surface area contributed by atoms with Gasteiger partial charge in [0.05, 0.1) is 27.8 Å². The van der Waals surface area contributed by atoms with Crippen LogP contribution in [0.3, 0.4) is 0 Å². The summed E-state index contributed by atoms with van der Waals surface area (Å²) in [6.45, 7) is 10.5. The lowest BCUT2D eigenvalue weighted by Crippen LogP contribution is -1.98. The van der Waals surface area contributed by atoms with Crippen LogP contribution in [0.25, 0.3) is 71.7 Å². The van der Waals surface area contributed by atoms with Gasteiger partial charge in [-0.1, -0.05) is 148 Å². The Hall–Kier alpha value is -7.23. The van der Waals surface area contributed by atoms with Crippen molar-refractivity contribution in [1.82, 2.24) is 9.13 Å². The van der Waals surface area contributed by atoms with Crippen LogP contribution in [0, 0.1) is 0 Å². The van der Waals surface area contributed by atoms with Crippen molar-refractivity contribution in [2.45, 2.75) is 20.8 Å². The van der Waals surface area contributed by atoms with Crippen LogP contribution in [0.2, 0.25) is 0 Å². The molecule has 0 radical (unpaired) electrons. The summed E-state index contributed by atoms with van der Waals surface area (Å²) in [5.74, 6) is 0. The van der Waals surface area contributed by atoms with E-state index in [9.17, 15) is 0 Å². The van der Waals surface area contributed by atoms with Crippen LogP contribution >= 0.6 is 0 Å². The number of nitrogens with zero attached hydrogens (tertiary/aromatic N) is 3. The molecule has 3 heteroatoms. The molecular formula is C54H43N3. The molecule has 3 nitrogen and oxygen atoms in total. The Balaban J connectivity index is 0.00000208. The lowest BCUT2D eigenvalue weighted by molar-refractivity contribution is 1.18. The number of para-hydroxylation sites is 4. The maximum Gasteiger partial charge on any atom is 0.0711 e. The van der Waals surface area contributed by atoms with Crippen molar-refractivity contribution in [3.05, 3.63) is 217 Å². The van der Waals surface area contributed by atoms with E-state index < -0.39 is 0 Å². The summed E-state index contributed by atoms with van der Waals surface area (Å²) in [6, 6.07) is 69.2. The minimum atomic E-state index is 0.914. The molecular weight excluding hydrogens is 691 g/mol. The summed E-state index contributed by atoms with van der Waals surface area (Å²) >= 11 is 0. The average Bonchev–Trinajstić information content (AvgIpc) is 3.80. The summed E-state index contributed by atoms with van der Waals surface area (Å²) in [7, 11) is 0. The number of aromatic nitrogens is 2. The van der Waals surface area contributed by atoms with E-state index in [2.05, 4.69) is 186 Å². The first-order valence-electron chi connectivity index (χ1n) is 19.7. The summed E-state index contributed by atoms with van der Waals surface area (Å²) in [5, 5.41) is 4.98. The van der Waals surface area contributed by atoms with Crippen LogP contribution in [0.4, 0.5) is 5.69 Å². The predicted molar refractivity (Wildman–Crippen MR) is 245 cm³/mol. The molecule has 0 saturated heterocycles. The zero-order chi connectivity index (χ0) is 38.9. The molecule has 0 aliphatic rings. The Morgan fingerprint density at radius 1 is 0.421 bits per heavy atom. The summed E-state index contributed by atoms with van der Waals surface area (Å²) in [5.41, 5.74) is 15.5. The number of hydrogen-bond acceptors (Lipinski definition) is 1. The Labute approximate surface area is 334 Å². The maximum absolute atomic E-state index is 5.11. The monoisotopic (exact) mass is 733 g/mol. The third kappa shape index (κ3) is 6.33. The van der Waals surface area contributed by atoms with Crippen LogP contribution < -0.4 is 0 Å². The SMILES string of the molecule is C=C(c1ccccc1)c1ccccc1N=C(C)c1ccc(-n2c3ccccc3c3cc(-c4ccc5c(c4)c4ccccc4n5-c4ccccc4)ccc32)cc1.CC. The highest BCUT2D eigenvalue weighted by Gasteiger charge is 2.16. The largest absolute Gasteiger partial charge is 0.309 e. The van der Waals surface area contributed by atoms with Gasteiger partial charge in [-0.2, -0.15) is 0 Å². The second kappa shape index (κ2) is 15.1. The van der Waals surface area contributed by atoms with Crippen molar-refractivity contribution < 1.29 is 0 Å². The van der Waals surface area contributed by atoms with Gasteiger partial charge in [-0.15, -0.1) is 0 Å². The van der Waals surface area contributed by atoms with E-state index in [1.165, 1.54) is 60.4 Å². The molecule has 10 aromatic rings. The van der Waals surface area contributed by atoms with Crippen molar-refractivity contribution in [3.8, 4) is 22.5 Å². The minimum absolute atomic E-state index is 0.914. The summed E-state index contributed by atoms with van der Waals surface area (Å²) in [6.07, 6.45) is 0. The van der Waals surface area contributed by atoms with Gasteiger partial charge < -0.3 is 9.13 Å². The molecule has 0 fully saturated rings. The van der Waals surface area contributed by atoms with Gasteiger partial charge in [0.2, 0.25) is 0 Å². The zero-order valence-corrected chi connectivity index (χ0v) is 32.5. The first-order chi connectivity index (χ1) is 28.1. The van der Waals surface area contributed by atoms with Crippen LogP contribution in [-0.2, 0) is 0 Å². The highest BCUT2D eigenvalue weighted by Crippen LogP contribution is 2.38. The first kappa shape index (κ1) is 35.5. The predicted octanol–water partition coefficient (Wildman–Crippen LogP) is 14.8. The Morgan fingerprint density at radius 2 is 0.877 bits per heavy atom. The third-order valence-corrected chi connectivity index (χ3v) is 10.9. The smallest absolute Gasteiger partial charge is 0.0711 e. The average molecular weight is 734 g/mol. The molecule has 0 spiro atoms. The van der Waals surface area contributed by atoms with Crippen molar-refractivity contribution in [3.63, 3.8) is 0 Å². The molecule has 57 heavy (non-hydrogen) atoms. The number of hydrogen-bond donors (Lipinski definition) is 0. The molecule has 274 valence electrons. The van der Waals surface area contributed by atoms with Crippen LogP contribution in [0.15, 0.2) is 206 Å². The maximum atomic E-state index is 5.11. The Morgan fingerprint density at radius 3 is 1.46 bits per heavy atom. The molecule has 0 saturated carbocycles. The molecule has 0 aliphatic carbocycles. The number of fused-ring (bicyclic) bond motifs is 6. The molecule has 0 unspecified atom stereocenters. The molecule has 0 N–H and O–H groups in total. The molecule has 0 bridgehead atoms. The minimum Gasteiger partial charge on any atom is -0.309 e. The van der Waals surface area contributed by atoms with Crippen molar-refractivity contribution in [1.29, 1.82) is 0 Å². The molecule has 0 amide bonds. The van der Waals surface area contributed by atoms with Crippen LogP contribution in [0.1, 0.15) is 37.5 Å². The fourth-order valence-electron chi connectivity index (χ4n) is 8.16. The van der Waals surface area contributed by atoms with E-state index >= 15 is 0 Å². The lowest BCUT2D eigenvalue weighted by Gasteiger charge is -2.12. The molecule has 2 aromatic heterocycles. The van der Waals surface area contributed by atoms with Gasteiger partial charge in [-0.3, -0.25) is 4.99 Å². The second-order valence-electron chi connectivity index (χ2n) is 14.1. The Kier molecular flexibility index (Phi) is 9.41. The third-order valence-electron chi connectivity index (χ3n) is 10.9. The fourth-order valence-corrected chi connectivity index (χ4v) is 8.16. The molecule has 0 atom stereocenters. The highest BCUT2D eigenvalue weighted by molar-refractivity contribution is 6.13. The molecule has 10 rings (SSSR count). The van der Waals surface area contributed by atoms with Gasteiger partial charge in [0.25, 0.3) is 0 Å². The van der Waals surface area contributed by atoms with Crippen LogP contribution in [-0.4, -0.2) is 14.8 Å². The van der Waals surface area contributed by atoms with E-state index in [4.69, 9.17) is 4.99 Å². The van der Waals surface area contributed by atoms with Crippen LogP contribution in [0.5, 0.6) is 0 Å². The summed E-state index contributed by atoms with van der Waals surface area (Å²) < 4.78 is 4.74. The van der Waals surface area contributed by atoms with E-state index in [-0.39, 0.29) is 0 Å². The van der Waals surface area contributed by atoms with Gasteiger partial charge in [0.1, 0.15) is 0 Å². The quantitative estimate of drug-likeness (QED) is 0.146. The van der Waals surface area contributed by atoms with Gasteiger partial charge in [0, 0.05) is 44.2 Å². The van der Waals surface area contributed by atoms with E-state index in [1.54, 1.807) is 0 Å². The van der Waals surface area contributed by atoms with Gasteiger partial charge in [0.15, 0.2) is 0 Å². The van der Waals surface area contributed by atoms with E-state index in [1.807, 2.05) is 44.2 Å². The number of aliphatic imine (C=N–C) groups is 1. The molecule has 0 aliphatic heterocycles. The van der Waals surface area contributed by atoms with Gasteiger partial charge >= 0.3 is 0 Å². The fraction of sp³-hybridized carbons (Fsp3) is 0.0556. The highest BCUT2D eigenvalue weighted by atomic mass is 15.0. The van der Waals surface area contributed by atoms with Crippen molar-refractivity contribution >= 4 is 60.6 Å². The van der Waals surface area contributed by atoms with Gasteiger partial charge in [-0.25, -0.2) is 0 Å². The topological polar surface area (TPSA) is 22.2 Å². The van der Waals surface area contributed by atoms with Crippen molar-refractivity contribution in [2.75, 3.05) is 0 Å². The normalized spacial score (nSPS) is 11.6. The zero-order valence-electron chi connectivity index (χ0n) is 32.5. The van der Waals surface area contributed by atoms with E-state index in [0.717, 1.165) is 39.3 Å². The summed E-state index contributed by atoms with van der Waals surface area (Å²) in [4.78, 5) is 5.11. The van der Waals surface area contributed by atoms with Crippen molar-refractivity contribution in [2.24, 2.45) is 4.99 Å². The first-order valence-corrected chi connectivity index (χ1v) is 19.7. The standard InChI is InChI=1S/C52H37N3.C2H6/c1-35(37-15-5-3-6-16-37)43-19-9-12-22-48(43)53-36(2)38-25-29-42(30-26-38)55-50-24-14-11-21-45(50)47-34-40(28-32-52(47)55)39-27-31-51-46(33-39)44-20-10-13-23-49(44)54(51)41-17-7-4-8-18-41;1-2/h3-34H,1H2,2H3;1-2H3. The Bertz CT molecular complexity index is 3090. The van der Waals surface area contributed by atoms with Gasteiger partial charge in [-0.05, 0) is 101 Å². The second-order valence-corrected chi connectivity index (χ2v) is 14.1.